The molecule has 0 saturated carbocycles. The van der Waals surface area contributed by atoms with Gasteiger partial charge in [0, 0.05) is 30.6 Å². The summed E-state index contributed by atoms with van der Waals surface area (Å²) in [5.74, 6) is -0.299. The molecule has 1 fully saturated rings. The summed E-state index contributed by atoms with van der Waals surface area (Å²) in [5.41, 5.74) is 0.347. The largest absolute Gasteiger partial charge is 0.322 e. The topological polar surface area (TPSA) is 78.5 Å². The van der Waals surface area contributed by atoms with Crippen molar-refractivity contribution in [1.82, 2.24) is 10.6 Å². The molecule has 2 aliphatic rings. The molecule has 1 aromatic carbocycles. The molecule has 6 heteroatoms. The van der Waals surface area contributed by atoms with E-state index in [9.17, 15) is 14.4 Å². The average molecular weight is 287 g/mol. The van der Waals surface area contributed by atoms with Crippen molar-refractivity contribution in [3.05, 3.63) is 29.8 Å². The third-order valence-electron chi connectivity index (χ3n) is 4.07. The second-order valence-corrected chi connectivity index (χ2v) is 5.38. The number of carbonyl (C=O) groups is 3. The third-order valence-corrected chi connectivity index (χ3v) is 4.07. The van der Waals surface area contributed by atoms with Gasteiger partial charge in [-0.3, -0.25) is 14.9 Å². The second kappa shape index (κ2) is 4.87. The molecule has 21 heavy (non-hydrogen) atoms. The van der Waals surface area contributed by atoms with Crippen LogP contribution in [0.2, 0.25) is 0 Å². The van der Waals surface area contributed by atoms with Crippen molar-refractivity contribution in [2.24, 2.45) is 0 Å². The number of hydrogen-bond donors (Lipinski definition) is 2. The molecule has 110 valence electrons. The van der Waals surface area contributed by atoms with Crippen molar-refractivity contribution in [1.29, 1.82) is 0 Å². The monoisotopic (exact) mass is 287 g/mol. The first-order chi connectivity index (χ1) is 10.1. The SMILES string of the molecule is CCCC(=O)N1CCC2(NC(=O)NC2=O)c2ccccc21. The van der Waals surface area contributed by atoms with E-state index in [1.807, 2.05) is 25.1 Å². The first-order valence-corrected chi connectivity index (χ1v) is 7.12. The predicted octanol–water partition coefficient (Wildman–Crippen LogP) is 1.26. The van der Waals surface area contributed by atoms with Gasteiger partial charge in [0.2, 0.25) is 5.91 Å². The third kappa shape index (κ3) is 1.98. The molecular formula is C15H17N3O3. The maximum atomic E-state index is 12.2. The van der Waals surface area contributed by atoms with Crippen molar-refractivity contribution < 1.29 is 14.4 Å². The van der Waals surface area contributed by atoms with Crippen LogP contribution in [-0.4, -0.2) is 24.4 Å². The van der Waals surface area contributed by atoms with Gasteiger partial charge >= 0.3 is 6.03 Å². The van der Waals surface area contributed by atoms with Crippen molar-refractivity contribution in [2.45, 2.75) is 31.7 Å². The van der Waals surface area contributed by atoms with E-state index in [0.717, 1.165) is 6.42 Å². The lowest BCUT2D eigenvalue weighted by Gasteiger charge is -2.39. The van der Waals surface area contributed by atoms with E-state index in [1.54, 1.807) is 11.0 Å². The molecule has 1 spiro atoms. The molecular weight excluding hydrogens is 270 g/mol. The van der Waals surface area contributed by atoms with Gasteiger partial charge < -0.3 is 10.2 Å². The number of amides is 4. The Kier molecular flexibility index (Phi) is 3.16. The minimum Gasteiger partial charge on any atom is -0.319 e. The van der Waals surface area contributed by atoms with Crippen LogP contribution in [0.15, 0.2) is 24.3 Å². The van der Waals surface area contributed by atoms with Crippen LogP contribution in [0.3, 0.4) is 0 Å². The van der Waals surface area contributed by atoms with Gasteiger partial charge in [-0.15, -0.1) is 0 Å². The molecule has 0 aliphatic carbocycles. The highest BCUT2D eigenvalue weighted by molar-refractivity contribution is 6.09. The molecule has 6 nitrogen and oxygen atoms in total. The lowest BCUT2D eigenvalue weighted by Crippen LogP contribution is -2.52. The summed E-state index contributed by atoms with van der Waals surface area (Å²) in [6, 6.07) is 6.78. The lowest BCUT2D eigenvalue weighted by molar-refractivity contribution is -0.125. The molecule has 2 N–H and O–H groups in total. The fourth-order valence-corrected chi connectivity index (χ4v) is 3.07. The Morgan fingerprint density at radius 3 is 2.76 bits per heavy atom. The van der Waals surface area contributed by atoms with Gasteiger partial charge in [0.15, 0.2) is 0 Å². The minimum absolute atomic E-state index is 0.0459. The molecule has 0 radical (unpaired) electrons. The number of carbonyl (C=O) groups excluding carboxylic acids is 3. The number of nitrogens with one attached hydrogen (secondary N) is 2. The van der Waals surface area contributed by atoms with Gasteiger partial charge in [-0.25, -0.2) is 4.79 Å². The van der Waals surface area contributed by atoms with E-state index in [1.165, 1.54) is 0 Å². The van der Waals surface area contributed by atoms with E-state index in [4.69, 9.17) is 0 Å². The van der Waals surface area contributed by atoms with Gasteiger partial charge in [-0.05, 0) is 12.5 Å². The van der Waals surface area contributed by atoms with Crippen LogP contribution in [0.25, 0.3) is 0 Å². The van der Waals surface area contributed by atoms with E-state index in [-0.39, 0.29) is 11.8 Å². The molecule has 1 unspecified atom stereocenters. The van der Waals surface area contributed by atoms with Crippen LogP contribution in [0.1, 0.15) is 31.7 Å². The van der Waals surface area contributed by atoms with Gasteiger partial charge in [0.05, 0.1) is 0 Å². The number of hydrogen-bond acceptors (Lipinski definition) is 3. The van der Waals surface area contributed by atoms with Crippen LogP contribution >= 0.6 is 0 Å². The summed E-state index contributed by atoms with van der Waals surface area (Å²) in [5, 5.41) is 5.02. The fraction of sp³-hybridized carbons (Fsp3) is 0.400. The van der Waals surface area contributed by atoms with E-state index in [2.05, 4.69) is 10.6 Å². The van der Waals surface area contributed by atoms with Crippen molar-refractivity contribution in [3.63, 3.8) is 0 Å². The highest BCUT2D eigenvalue weighted by Crippen LogP contribution is 2.40. The fourth-order valence-electron chi connectivity index (χ4n) is 3.07. The van der Waals surface area contributed by atoms with Crippen molar-refractivity contribution in [2.75, 3.05) is 11.4 Å². The quantitative estimate of drug-likeness (QED) is 0.804. The zero-order chi connectivity index (χ0) is 15.0. The highest BCUT2D eigenvalue weighted by atomic mass is 16.2. The summed E-state index contributed by atoms with van der Waals surface area (Å²) in [7, 11) is 0. The Morgan fingerprint density at radius 1 is 1.33 bits per heavy atom. The Morgan fingerprint density at radius 2 is 2.10 bits per heavy atom. The van der Waals surface area contributed by atoms with Gasteiger partial charge in [0.25, 0.3) is 5.91 Å². The van der Waals surface area contributed by atoms with Crippen LogP contribution in [-0.2, 0) is 15.1 Å². The number of imide groups is 1. The Hall–Kier alpha value is -2.37. The van der Waals surface area contributed by atoms with Crippen molar-refractivity contribution >= 4 is 23.5 Å². The number of para-hydroxylation sites is 1. The van der Waals surface area contributed by atoms with E-state index >= 15 is 0 Å². The van der Waals surface area contributed by atoms with Crippen LogP contribution in [0.4, 0.5) is 10.5 Å². The Labute approximate surface area is 122 Å². The first kappa shape index (κ1) is 13.6. The second-order valence-electron chi connectivity index (χ2n) is 5.38. The van der Waals surface area contributed by atoms with Crippen LogP contribution < -0.4 is 15.5 Å². The number of benzene rings is 1. The number of rotatable bonds is 2. The molecule has 3 rings (SSSR count). The zero-order valence-electron chi connectivity index (χ0n) is 11.8. The number of nitrogens with zero attached hydrogens (tertiary/aromatic N) is 1. The summed E-state index contributed by atoms with van der Waals surface area (Å²) in [6.07, 6.45) is 1.64. The van der Waals surface area contributed by atoms with Crippen molar-refractivity contribution in [3.8, 4) is 0 Å². The van der Waals surface area contributed by atoms with E-state index < -0.39 is 11.6 Å². The molecule has 1 saturated heterocycles. The summed E-state index contributed by atoms with van der Waals surface area (Å²) >= 11 is 0. The van der Waals surface area contributed by atoms with Gasteiger partial charge in [-0.1, -0.05) is 25.1 Å². The number of fused-ring (bicyclic) bond motifs is 2. The summed E-state index contributed by atoms with van der Waals surface area (Å²) < 4.78 is 0. The van der Waals surface area contributed by atoms with Gasteiger partial charge in [-0.2, -0.15) is 0 Å². The minimum atomic E-state index is -1.04. The normalized spacial score (nSPS) is 23.8. The standard InChI is InChI=1S/C15H17N3O3/c1-2-5-12(19)18-9-8-15(13(20)16-14(21)17-15)10-6-3-4-7-11(10)18/h3-4,6-7H,2,5,8-9H2,1H3,(H2,16,17,20,21). The zero-order valence-corrected chi connectivity index (χ0v) is 11.8. The Bertz CT molecular complexity index is 628. The molecule has 2 aliphatic heterocycles. The highest BCUT2D eigenvalue weighted by Gasteiger charge is 2.51. The molecule has 4 amide bonds. The molecule has 0 bridgehead atoms. The predicted molar refractivity (Wildman–Crippen MR) is 76.7 cm³/mol. The maximum absolute atomic E-state index is 12.2. The van der Waals surface area contributed by atoms with Crippen LogP contribution in [0.5, 0.6) is 0 Å². The summed E-state index contributed by atoms with van der Waals surface area (Å²) in [4.78, 5) is 37.7. The smallest absolute Gasteiger partial charge is 0.319 e. The number of urea groups is 1. The summed E-state index contributed by atoms with van der Waals surface area (Å²) in [6.45, 7) is 2.38. The molecule has 1 aromatic rings. The van der Waals surface area contributed by atoms with Gasteiger partial charge in [0.1, 0.15) is 5.54 Å². The van der Waals surface area contributed by atoms with E-state index in [0.29, 0.717) is 30.6 Å². The molecule has 0 aromatic heterocycles. The van der Waals surface area contributed by atoms with Crippen LogP contribution in [0, 0.1) is 0 Å². The lowest BCUT2D eigenvalue weighted by atomic mass is 9.82. The molecule has 1 atom stereocenters. The maximum Gasteiger partial charge on any atom is 0.322 e. The Balaban J connectivity index is 2.06. The number of anilines is 1. The average Bonchev–Trinajstić information content (AvgIpc) is 2.75. The first-order valence-electron chi connectivity index (χ1n) is 7.12. The molecule has 2 heterocycles.